The molecule has 14 heavy (non-hydrogen) atoms. The number of nitrogens with zero attached hydrogens (tertiary/aromatic N) is 1. The van der Waals surface area contributed by atoms with Gasteiger partial charge in [-0.3, -0.25) is 0 Å². The van der Waals surface area contributed by atoms with E-state index in [9.17, 15) is 8.78 Å². The van der Waals surface area contributed by atoms with Gasteiger partial charge in [-0.25, -0.2) is 8.78 Å². The lowest BCUT2D eigenvalue weighted by Gasteiger charge is -2.24. The molecule has 0 aliphatic rings. The fraction of sp³-hybridized carbons (Fsp3) is 0.900. The average Bonchev–Trinajstić information content (AvgIpc) is 2.17. The predicted octanol–water partition coefficient (Wildman–Crippen LogP) is 3.48. The van der Waals surface area contributed by atoms with Crippen LogP contribution in [0.5, 0.6) is 0 Å². The Kier molecular flexibility index (Phi) is 7.95. The minimum atomic E-state index is -2.49. The molecule has 0 saturated carbocycles. The molecular formula is C10H19F2NS. The van der Waals surface area contributed by atoms with Gasteiger partial charge < -0.3 is 4.90 Å². The molecule has 0 unspecified atom stereocenters. The summed E-state index contributed by atoms with van der Waals surface area (Å²) < 4.78 is 24.7. The first kappa shape index (κ1) is 13.8. The summed E-state index contributed by atoms with van der Waals surface area (Å²) in [6.45, 7) is 5.42. The summed E-state index contributed by atoms with van der Waals surface area (Å²) in [6, 6.07) is 0. The first-order valence-corrected chi connectivity index (χ1v) is 5.61. The van der Waals surface area contributed by atoms with Gasteiger partial charge >= 0.3 is 0 Å². The van der Waals surface area contributed by atoms with Crippen LogP contribution in [0.15, 0.2) is 0 Å². The summed E-state index contributed by atoms with van der Waals surface area (Å²) in [5.41, 5.74) is 0. The van der Waals surface area contributed by atoms with Crippen molar-refractivity contribution in [3.05, 3.63) is 0 Å². The summed E-state index contributed by atoms with van der Waals surface area (Å²) >= 11 is 4.70. The van der Waals surface area contributed by atoms with E-state index in [0.29, 0.717) is 13.1 Å². The van der Waals surface area contributed by atoms with Crippen molar-refractivity contribution < 1.29 is 8.78 Å². The summed E-state index contributed by atoms with van der Waals surface area (Å²) in [4.78, 5) is 1.46. The molecule has 0 aromatic carbocycles. The van der Waals surface area contributed by atoms with Crippen LogP contribution in [-0.4, -0.2) is 29.4 Å². The molecule has 0 N–H and O–H groups in total. The van der Waals surface area contributed by atoms with E-state index in [1.807, 2.05) is 13.8 Å². The van der Waals surface area contributed by atoms with Crippen molar-refractivity contribution in [3.8, 4) is 0 Å². The minimum Gasteiger partial charge on any atom is -0.361 e. The Morgan fingerprint density at radius 2 is 1.57 bits per heavy atom. The number of hydrogen-bond acceptors (Lipinski definition) is 1. The largest absolute Gasteiger partial charge is 0.361 e. The molecule has 0 aromatic rings. The number of rotatable bonds is 7. The van der Waals surface area contributed by atoms with Crippen molar-refractivity contribution in [1.82, 2.24) is 4.90 Å². The lowest BCUT2D eigenvalue weighted by atomic mass is 10.2. The number of unbranched alkanes of at least 4 members (excludes halogenated alkanes) is 2. The normalized spacial score (nSPS) is 10.6. The highest BCUT2D eigenvalue weighted by Crippen LogP contribution is 2.07. The van der Waals surface area contributed by atoms with Crippen molar-refractivity contribution in [1.29, 1.82) is 0 Å². The highest BCUT2D eigenvalue weighted by Gasteiger charge is 2.17. The fourth-order valence-corrected chi connectivity index (χ4v) is 1.35. The van der Waals surface area contributed by atoms with Crippen LogP contribution < -0.4 is 0 Å². The van der Waals surface area contributed by atoms with Crippen molar-refractivity contribution in [2.24, 2.45) is 0 Å². The SMILES string of the molecule is CCCCN(CCCC)C(=S)C(F)F. The molecule has 0 bridgehead atoms. The minimum absolute atomic E-state index is 0.188. The summed E-state index contributed by atoms with van der Waals surface area (Å²) in [5, 5.41) is 0. The van der Waals surface area contributed by atoms with Gasteiger partial charge in [0, 0.05) is 13.1 Å². The van der Waals surface area contributed by atoms with Gasteiger partial charge in [0.25, 0.3) is 6.43 Å². The smallest absolute Gasteiger partial charge is 0.288 e. The van der Waals surface area contributed by atoms with Gasteiger partial charge in [0.05, 0.1) is 0 Å². The first-order chi connectivity index (χ1) is 6.63. The molecule has 0 radical (unpaired) electrons. The van der Waals surface area contributed by atoms with Gasteiger partial charge in [0.15, 0.2) is 0 Å². The van der Waals surface area contributed by atoms with Crippen molar-refractivity contribution in [3.63, 3.8) is 0 Å². The molecule has 0 rings (SSSR count). The van der Waals surface area contributed by atoms with Crippen molar-refractivity contribution in [2.45, 2.75) is 46.0 Å². The molecular weight excluding hydrogens is 204 g/mol. The molecule has 1 nitrogen and oxygen atoms in total. The quantitative estimate of drug-likeness (QED) is 0.608. The van der Waals surface area contributed by atoms with Crippen LogP contribution in [0.2, 0.25) is 0 Å². The van der Waals surface area contributed by atoms with E-state index in [4.69, 9.17) is 12.2 Å². The Morgan fingerprint density at radius 1 is 1.14 bits per heavy atom. The first-order valence-electron chi connectivity index (χ1n) is 5.20. The Balaban J connectivity index is 4.01. The molecule has 4 heteroatoms. The lowest BCUT2D eigenvalue weighted by Crippen LogP contribution is -2.35. The third-order valence-corrected chi connectivity index (χ3v) is 2.50. The monoisotopic (exact) mass is 223 g/mol. The van der Waals surface area contributed by atoms with Gasteiger partial charge in [-0.1, -0.05) is 38.9 Å². The number of thiocarbonyl (C=S) groups is 1. The maximum absolute atomic E-state index is 12.4. The van der Waals surface area contributed by atoms with Crippen LogP contribution in [0.4, 0.5) is 8.78 Å². The van der Waals surface area contributed by atoms with Gasteiger partial charge in [-0.05, 0) is 12.8 Å². The highest BCUT2D eigenvalue weighted by atomic mass is 32.1. The zero-order valence-electron chi connectivity index (χ0n) is 8.93. The second-order valence-corrected chi connectivity index (χ2v) is 3.75. The summed E-state index contributed by atoms with van der Waals surface area (Å²) in [6.07, 6.45) is 1.38. The van der Waals surface area contributed by atoms with Gasteiger partial charge in [0.2, 0.25) is 0 Å². The van der Waals surface area contributed by atoms with Crippen LogP contribution in [0, 0.1) is 0 Å². The zero-order chi connectivity index (χ0) is 11.0. The second kappa shape index (κ2) is 8.09. The molecule has 0 saturated heterocycles. The third kappa shape index (κ3) is 5.47. The number of halogens is 2. The van der Waals surface area contributed by atoms with E-state index in [1.165, 1.54) is 0 Å². The fourth-order valence-electron chi connectivity index (χ4n) is 1.17. The molecule has 0 atom stereocenters. The number of hydrogen-bond donors (Lipinski definition) is 0. The van der Waals surface area contributed by atoms with Crippen LogP contribution in [0.1, 0.15) is 39.5 Å². The highest BCUT2D eigenvalue weighted by molar-refractivity contribution is 7.80. The van der Waals surface area contributed by atoms with E-state index in [0.717, 1.165) is 25.7 Å². The maximum Gasteiger partial charge on any atom is 0.288 e. The van der Waals surface area contributed by atoms with Gasteiger partial charge in [-0.2, -0.15) is 0 Å². The Morgan fingerprint density at radius 3 is 1.86 bits per heavy atom. The molecule has 0 aliphatic heterocycles. The molecule has 84 valence electrons. The molecule has 0 spiro atoms. The maximum atomic E-state index is 12.4. The molecule has 0 fully saturated rings. The van der Waals surface area contributed by atoms with E-state index in [2.05, 4.69) is 0 Å². The van der Waals surface area contributed by atoms with Gasteiger partial charge in [-0.15, -0.1) is 0 Å². The Labute approximate surface area is 90.5 Å². The average molecular weight is 223 g/mol. The van der Waals surface area contributed by atoms with Crippen LogP contribution in [-0.2, 0) is 0 Å². The van der Waals surface area contributed by atoms with Gasteiger partial charge in [0.1, 0.15) is 4.99 Å². The second-order valence-electron chi connectivity index (χ2n) is 3.33. The molecule has 0 aromatic heterocycles. The summed E-state index contributed by atoms with van der Waals surface area (Å²) in [5.74, 6) is 0. The van der Waals surface area contributed by atoms with E-state index >= 15 is 0 Å². The van der Waals surface area contributed by atoms with Crippen molar-refractivity contribution >= 4 is 17.2 Å². The van der Waals surface area contributed by atoms with Crippen LogP contribution >= 0.6 is 12.2 Å². The van der Waals surface area contributed by atoms with Crippen LogP contribution in [0.25, 0.3) is 0 Å². The van der Waals surface area contributed by atoms with E-state index in [-0.39, 0.29) is 4.99 Å². The van der Waals surface area contributed by atoms with E-state index < -0.39 is 6.43 Å². The molecule has 0 amide bonds. The van der Waals surface area contributed by atoms with Crippen LogP contribution in [0.3, 0.4) is 0 Å². The van der Waals surface area contributed by atoms with Crippen molar-refractivity contribution in [2.75, 3.05) is 13.1 Å². The molecule has 0 aliphatic carbocycles. The summed E-state index contributed by atoms with van der Waals surface area (Å²) in [7, 11) is 0. The predicted molar refractivity (Wildman–Crippen MR) is 60.0 cm³/mol. The molecule has 0 heterocycles. The Hall–Kier alpha value is -0.250. The lowest BCUT2D eigenvalue weighted by molar-refractivity contribution is 0.204. The Bertz CT molecular complexity index is 154. The standard InChI is InChI=1S/C10H19F2NS/c1-3-5-7-13(8-6-4-2)10(14)9(11)12/h9H,3-8H2,1-2H3. The number of alkyl halides is 2. The topological polar surface area (TPSA) is 3.24 Å². The third-order valence-electron chi connectivity index (χ3n) is 2.06. The van der Waals surface area contributed by atoms with E-state index in [1.54, 1.807) is 4.90 Å². The zero-order valence-corrected chi connectivity index (χ0v) is 9.75.